The molecule has 4 aromatic rings. The maximum Gasteiger partial charge on any atom is 0.239 e. The molecule has 0 saturated carbocycles. The number of carbonyl (C=O) groups excluding carboxylic acids is 2. The highest BCUT2D eigenvalue weighted by molar-refractivity contribution is 9.10. The maximum atomic E-state index is 15.3. The molecule has 6 rings (SSSR count). The summed E-state index contributed by atoms with van der Waals surface area (Å²) >= 11 is 7.38. The monoisotopic (exact) mass is 1110 g/mol. The number of hydrogen-bond acceptors (Lipinski definition) is 2. The fourth-order valence-corrected chi connectivity index (χ4v) is 12.9. The molecule has 0 radical (unpaired) electrons. The number of unbranched alkanes of at least 4 members (excludes halogenated alkanes) is 24. The topological polar surface area (TPSA) is 40.6 Å². The van der Waals surface area contributed by atoms with Gasteiger partial charge in [0.15, 0.2) is 0 Å². The summed E-state index contributed by atoms with van der Waals surface area (Å²) in [5.74, 6) is 1.02. The first-order chi connectivity index (χ1) is 35.3. The minimum atomic E-state index is -0.198. The van der Waals surface area contributed by atoms with Crippen molar-refractivity contribution in [2.24, 2.45) is 11.8 Å². The van der Waals surface area contributed by atoms with E-state index in [0.29, 0.717) is 11.8 Å². The van der Waals surface area contributed by atoms with Crippen molar-refractivity contribution in [3.8, 4) is 0 Å². The average molecular weight is 1110 g/mol. The van der Waals surface area contributed by atoms with Gasteiger partial charge in [0, 0.05) is 31.1 Å². The van der Waals surface area contributed by atoms with E-state index in [-0.39, 0.29) is 23.7 Å². The Morgan fingerprint density at radius 3 is 0.903 bits per heavy atom. The van der Waals surface area contributed by atoms with E-state index in [9.17, 15) is 0 Å². The number of nitrogens with zero attached hydrogens (tertiary/aromatic N) is 2. The van der Waals surface area contributed by atoms with Crippen molar-refractivity contribution in [1.82, 2.24) is 0 Å². The summed E-state index contributed by atoms with van der Waals surface area (Å²) < 4.78 is 2.00. The van der Waals surface area contributed by atoms with Crippen LogP contribution in [0.4, 0.5) is 22.7 Å². The number of anilines is 4. The molecule has 4 atom stereocenters. The third-order valence-electron chi connectivity index (χ3n) is 16.6. The molecule has 0 fully saturated rings. The Morgan fingerprint density at radius 1 is 0.361 bits per heavy atom. The van der Waals surface area contributed by atoms with Crippen LogP contribution in [-0.4, -0.2) is 11.8 Å². The summed E-state index contributed by atoms with van der Waals surface area (Å²) in [6.45, 7) is 9.19. The predicted octanol–water partition coefficient (Wildman–Crippen LogP) is 22.5. The number of halogens is 2. The van der Waals surface area contributed by atoms with Crippen molar-refractivity contribution < 1.29 is 9.59 Å². The van der Waals surface area contributed by atoms with Crippen molar-refractivity contribution in [3.05, 3.63) is 92.9 Å². The Kier molecular flexibility index (Phi) is 26.3. The van der Waals surface area contributed by atoms with Gasteiger partial charge in [-0.2, -0.15) is 0 Å². The molecule has 4 nitrogen and oxygen atoms in total. The normalized spacial score (nSPS) is 16.3. The molecule has 2 amide bonds. The largest absolute Gasteiger partial charge is 0.280 e. The number of hydrogen-bond donors (Lipinski definition) is 0. The minimum Gasteiger partial charge on any atom is -0.280 e. The van der Waals surface area contributed by atoms with E-state index in [0.717, 1.165) is 66.4 Å². The van der Waals surface area contributed by atoms with E-state index >= 15 is 9.59 Å². The van der Waals surface area contributed by atoms with Crippen molar-refractivity contribution in [3.63, 3.8) is 0 Å². The van der Waals surface area contributed by atoms with Crippen LogP contribution in [0.3, 0.4) is 0 Å². The Bertz CT molecular complexity index is 2030. The lowest BCUT2D eigenvalue weighted by Gasteiger charge is -2.23. The SMILES string of the molecule is CCCCCCCCCCC(CCCCCCCC)CC1C(=O)N(c2ccc(Br)cc2)c2c1ccc1c3c(ccc21)C(CC(CCCCCCCC)CCCCCCCCCC)C(=O)N3c1ccc(Br)cc1. The minimum absolute atomic E-state index is 0.196. The van der Waals surface area contributed by atoms with Crippen LogP contribution in [0, 0.1) is 11.8 Å². The van der Waals surface area contributed by atoms with E-state index in [1.165, 1.54) is 205 Å². The number of amides is 2. The molecule has 4 unspecified atom stereocenters. The summed E-state index contributed by atoms with van der Waals surface area (Å²) in [5.41, 5.74) is 6.15. The Hall–Kier alpha value is -2.96. The Morgan fingerprint density at radius 2 is 0.625 bits per heavy atom. The molecule has 2 heterocycles. The lowest BCUT2D eigenvalue weighted by Crippen LogP contribution is -2.25. The Balaban J connectivity index is 1.34. The molecule has 6 heteroatoms. The molecular weight excluding hydrogens is 1010 g/mol. The first-order valence-corrected chi connectivity index (χ1v) is 31.7. The van der Waals surface area contributed by atoms with Crippen LogP contribution in [0.1, 0.15) is 269 Å². The summed E-state index contributed by atoms with van der Waals surface area (Å²) in [6, 6.07) is 25.8. The Labute approximate surface area is 456 Å². The van der Waals surface area contributed by atoms with Gasteiger partial charge in [0.25, 0.3) is 0 Å². The van der Waals surface area contributed by atoms with E-state index in [1.54, 1.807) is 0 Å². The standard InChI is InChI=1S/C66H96Br2N2O2/c1-5-9-13-17-21-23-27-31-35-51(33-29-25-19-15-11-7-3)49-61-59-47-45-58-57(63(59)69(65(61)71)55-41-37-53(67)38-42-55)46-48-60-62(66(72)70(64(58)60)56-43-39-54(68)40-44-56)50-52(34-30-26-20-16-12-8-4)36-32-28-24-22-18-14-10-6-2/h37-48,51-52,61-62H,5-36,49-50H2,1-4H3. The predicted molar refractivity (Wildman–Crippen MR) is 319 cm³/mol. The molecule has 2 aliphatic heterocycles. The lowest BCUT2D eigenvalue weighted by molar-refractivity contribution is -0.119. The highest BCUT2D eigenvalue weighted by Gasteiger charge is 2.44. The highest BCUT2D eigenvalue weighted by Crippen LogP contribution is 2.54. The van der Waals surface area contributed by atoms with E-state index < -0.39 is 0 Å². The zero-order chi connectivity index (χ0) is 50.9. The van der Waals surface area contributed by atoms with Crippen molar-refractivity contribution >= 4 is 77.2 Å². The quantitative estimate of drug-likeness (QED) is 0.0420. The number of fused-ring (bicyclic) bond motifs is 5. The zero-order valence-electron chi connectivity index (χ0n) is 45.7. The van der Waals surface area contributed by atoms with Gasteiger partial charge in [-0.3, -0.25) is 19.4 Å². The van der Waals surface area contributed by atoms with Gasteiger partial charge in [0.1, 0.15) is 0 Å². The molecule has 72 heavy (non-hydrogen) atoms. The van der Waals surface area contributed by atoms with Crippen LogP contribution in [0.5, 0.6) is 0 Å². The van der Waals surface area contributed by atoms with Crippen LogP contribution in [-0.2, 0) is 9.59 Å². The molecule has 4 aromatic carbocycles. The van der Waals surface area contributed by atoms with Gasteiger partial charge in [-0.05, 0) is 84.3 Å². The highest BCUT2D eigenvalue weighted by atomic mass is 79.9. The van der Waals surface area contributed by atoms with Crippen LogP contribution in [0.15, 0.2) is 81.7 Å². The second-order valence-electron chi connectivity index (χ2n) is 22.4. The third kappa shape index (κ3) is 17.0. The van der Waals surface area contributed by atoms with E-state index in [2.05, 4.69) is 142 Å². The number of carbonyl (C=O) groups is 2. The molecular formula is C66H96Br2N2O2. The van der Waals surface area contributed by atoms with Gasteiger partial charge in [0.2, 0.25) is 11.8 Å². The number of rotatable bonds is 38. The van der Waals surface area contributed by atoms with Crippen LogP contribution >= 0.6 is 31.9 Å². The first kappa shape index (κ1) is 58.3. The maximum absolute atomic E-state index is 15.3. The van der Waals surface area contributed by atoms with Gasteiger partial charge < -0.3 is 0 Å². The summed E-state index contributed by atoms with van der Waals surface area (Å²) in [4.78, 5) is 34.8. The summed E-state index contributed by atoms with van der Waals surface area (Å²) in [6.07, 6.45) is 43.4. The number of benzene rings is 4. The second kappa shape index (κ2) is 32.5. The van der Waals surface area contributed by atoms with Gasteiger partial charge in [-0.1, -0.05) is 289 Å². The molecule has 0 aliphatic carbocycles. The lowest BCUT2D eigenvalue weighted by atomic mass is 9.82. The van der Waals surface area contributed by atoms with E-state index in [4.69, 9.17) is 0 Å². The van der Waals surface area contributed by atoms with E-state index in [1.807, 2.05) is 0 Å². The van der Waals surface area contributed by atoms with Crippen molar-refractivity contribution in [2.45, 2.75) is 258 Å². The van der Waals surface area contributed by atoms with Crippen molar-refractivity contribution in [1.29, 1.82) is 0 Å². The smallest absolute Gasteiger partial charge is 0.239 e. The fourth-order valence-electron chi connectivity index (χ4n) is 12.4. The zero-order valence-corrected chi connectivity index (χ0v) is 48.9. The molecule has 0 N–H and O–H groups in total. The van der Waals surface area contributed by atoms with Crippen LogP contribution in [0.25, 0.3) is 10.8 Å². The third-order valence-corrected chi connectivity index (χ3v) is 17.7. The molecule has 0 bridgehead atoms. The molecule has 0 spiro atoms. The van der Waals surface area contributed by atoms with Gasteiger partial charge in [-0.25, -0.2) is 0 Å². The molecule has 2 aliphatic rings. The van der Waals surface area contributed by atoms with Crippen LogP contribution < -0.4 is 9.80 Å². The van der Waals surface area contributed by atoms with Gasteiger partial charge in [0.05, 0.1) is 23.2 Å². The summed E-state index contributed by atoms with van der Waals surface area (Å²) in [7, 11) is 0. The van der Waals surface area contributed by atoms with Crippen LogP contribution in [0.2, 0.25) is 0 Å². The molecule has 396 valence electrons. The second-order valence-corrected chi connectivity index (χ2v) is 24.2. The van der Waals surface area contributed by atoms with Gasteiger partial charge in [-0.15, -0.1) is 0 Å². The van der Waals surface area contributed by atoms with Crippen molar-refractivity contribution in [2.75, 3.05) is 9.80 Å². The first-order valence-electron chi connectivity index (χ1n) is 30.1. The fraction of sp³-hybridized carbons (Fsp3) is 0.636. The summed E-state index contributed by atoms with van der Waals surface area (Å²) in [5, 5.41) is 2.14. The van der Waals surface area contributed by atoms with Gasteiger partial charge >= 0.3 is 0 Å². The molecule has 0 saturated heterocycles. The average Bonchev–Trinajstić information content (AvgIpc) is 3.83. The molecule has 0 aromatic heterocycles.